The summed E-state index contributed by atoms with van der Waals surface area (Å²) in [5.41, 5.74) is 0. The maximum Gasteiger partial charge on any atom is 0.125 e. The van der Waals surface area contributed by atoms with Gasteiger partial charge < -0.3 is 14.3 Å². The van der Waals surface area contributed by atoms with E-state index in [1.54, 1.807) is 14.2 Å². The Hall–Kier alpha value is -0.410. The molecule has 0 rings (SSSR count). The van der Waals surface area contributed by atoms with Crippen LogP contribution in [-0.4, -0.2) is 33.2 Å². The average molecular weight is 160 g/mol. The van der Waals surface area contributed by atoms with Crippen molar-refractivity contribution in [2.45, 2.75) is 19.4 Å². The molecule has 3 heteroatoms. The predicted octanol–water partition coefficient (Wildman–Crippen LogP) is 0.873. The molecule has 0 aromatic rings. The molecule has 0 heterocycles. The number of rotatable bonds is 6. The highest BCUT2D eigenvalue weighted by Gasteiger charge is 2.14. The summed E-state index contributed by atoms with van der Waals surface area (Å²) in [6, 6.07) is 0. The van der Waals surface area contributed by atoms with E-state index in [2.05, 4.69) is 0 Å². The molecule has 2 atom stereocenters. The van der Waals surface area contributed by atoms with Gasteiger partial charge in [-0.15, -0.1) is 0 Å². The minimum absolute atomic E-state index is 0.00699. The van der Waals surface area contributed by atoms with E-state index in [-0.39, 0.29) is 12.0 Å². The number of carbonyl (C=O) groups excluding carboxylic acids is 1. The molecular formula is C8H16O3. The van der Waals surface area contributed by atoms with Crippen molar-refractivity contribution >= 4 is 6.29 Å². The van der Waals surface area contributed by atoms with Gasteiger partial charge in [0, 0.05) is 26.7 Å². The lowest BCUT2D eigenvalue weighted by molar-refractivity contribution is -0.114. The van der Waals surface area contributed by atoms with Crippen LogP contribution in [0.3, 0.4) is 0 Å². The molecule has 0 radical (unpaired) electrons. The van der Waals surface area contributed by atoms with E-state index in [9.17, 15) is 4.79 Å². The van der Waals surface area contributed by atoms with Crippen molar-refractivity contribution in [3.05, 3.63) is 0 Å². The Labute approximate surface area is 67.7 Å². The van der Waals surface area contributed by atoms with Crippen molar-refractivity contribution in [1.29, 1.82) is 0 Å². The standard InChI is InChI=1S/C8H16O3/c1-7(6-9)8(11-3)4-5-10-2/h6-8H,4-5H2,1-3H3/t7?,8-/m0/s1. The zero-order valence-electron chi connectivity index (χ0n) is 7.37. The fraction of sp³-hybridized carbons (Fsp3) is 0.875. The summed E-state index contributed by atoms with van der Waals surface area (Å²) in [5, 5.41) is 0. The van der Waals surface area contributed by atoms with Gasteiger partial charge >= 0.3 is 0 Å². The van der Waals surface area contributed by atoms with Crippen molar-refractivity contribution in [3.8, 4) is 0 Å². The summed E-state index contributed by atoms with van der Waals surface area (Å²) in [7, 11) is 3.25. The smallest absolute Gasteiger partial charge is 0.125 e. The summed E-state index contributed by atoms with van der Waals surface area (Å²) in [4.78, 5) is 10.3. The predicted molar refractivity (Wildman–Crippen MR) is 42.5 cm³/mol. The quantitative estimate of drug-likeness (QED) is 0.541. The van der Waals surface area contributed by atoms with Gasteiger partial charge in [0.1, 0.15) is 6.29 Å². The lowest BCUT2D eigenvalue weighted by Crippen LogP contribution is -2.23. The summed E-state index contributed by atoms with van der Waals surface area (Å²) in [6.45, 7) is 2.48. The van der Waals surface area contributed by atoms with Crippen LogP contribution in [0.4, 0.5) is 0 Å². The SMILES string of the molecule is COCC[C@H](OC)C(C)C=O. The fourth-order valence-corrected chi connectivity index (χ4v) is 0.917. The highest BCUT2D eigenvalue weighted by molar-refractivity contribution is 5.53. The topological polar surface area (TPSA) is 35.5 Å². The maximum atomic E-state index is 10.3. The van der Waals surface area contributed by atoms with Crippen LogP contribution in [0.5, 0.6) is 0 Å². The molecule has 0 bridgehead atoms. The molecule has 0 aromatic heterocycles. The van der Waals surface area contributed by atoms with Crippen LogP contribution in [0, 0.1) is 5.92 Å². The Balaban J connectivity index is 3.64. The van der Waals surface area contributed by atoms with Gasteiger partial charge in [-0.1, -0.05) is 6.92 Å². The molecule has 0 fully saturated rings. The van der Waals surface area contributed by atoms with Crippen molar-refractivity contribution in [1.82, 2.24) is 0 Å². The minimum atomic E-state index is -0.0462. The summed E-state index contributed by atoms with van der Waals surface area (Å²) >= 11 is 0. The maximum absolute atomic E-state index is 10.3. The van der Waals surface area contributed by atoms with E-state index in [0.29, 0.717) is 6.61 Å². The number of methoxy groups -OCH3 is 2. The van der Waals surface area contributed by atoms with E-state index < -0.39 is 0 Å². The highest BCUT2D eigenvalue weighted by Crippen LogP contribution is 2.07. The van der Waals surface area contributed by atoms with Gasteiger partial charge in [-0.2, -0.15) is 0 Å². The number of ether oxygens (including phenoxy) is 2. The summed E-state index contributed by atoms with van der Waals surface area (Å²) in [6.07, 6.45) is 1.67. The van der Waals surface area contributed by atoms with Gasteiger partial charge in [0.25, 0.3) is 0 Å². The van der Waals surface area contributed by atoms with Gasteiger partial charge in [0.05, 0.1) is 6.10 Å². The van der Waals surface area contributed by atoms with Crippen LogP contribution in [0.1, 0.15) is 13.3 Å². The van der Waals surface area contributed by atoms with Crippen LogP contribution in [0.2, 0.25) is 0 Å². The van der Waals surface area contributed by atoms with E-state index in [4.69, 9.17) is 9.47 Å². The third kappa shape index (κ3) is 4.11. The lowest BCUT2D eigenvalue weighted by atomic mass is 10.0. The summed E-state index contributed by atoms with van der Waals surface area (Å²) < 4.78 is 9.97. The monoisotopic (exact) mass is 160 g/mol. The van der Waals surface area contributed by atoms with E-state index in [0.717, 1.165) is 12.7 Å². The molecule has 0 N–H and O–H groups in total. The Kier molecular flexibility index (Phi) is 6.07. The first kappa shape index (κ1) is 10.6. The highest BCUT2D eigenvalue weighted by atomic mass is 16.5. The molecule has 0 aliphatic carbocycles. The van der Waals surface area contributed by atoms with Crippen LogP contribution in [0.15, 0.2) is 0 Å². The summed E-state index contributed by atoms with van der Waals surface area (Å²) in [5.74, 6) is -0.0462. The molecule has 0 spiro atoms. The molecule has 0 saturated carbocycles. The Morgan fingerprint density at radius 3 is 2.45 bits per heavy atom. The van der Waals surface area contributed by atoms with Gasteiger partial charge in [-0.3, -0.25) is 0 Å². The zero-order chi connectivity index (χ0) is 8.69. The fourth-order valence-electron chi connectivity index (χ4n) is 0.917. The lowest BCUT2D eigenvalue weighted by Gasteiger charge is -2.17. The first-order valence-electron chi connectivity index (χ1n) is 3.73. The first-order valence-corrected chi connectivity index (χ1v) is 3.73. The van der Waals surface area contributed by atoms with Gasteiger partial charge in [-0.05, 0) is 6.42 Å². The van der Waals surface area contributed by atoms with E-state index in [1.807, 2.05) is 6.92 Å². The van der Waals surface area contributed by atoms with Crippen molar-refractivity contribution in [2.24, 2.45) is 5.92 Å². The number of carbonyl (C=O) groups is 1. The molecule has 0 saturated heterocycles. The van der Waals surface area contributed by atoms with Gasteiger partial charge in [0.15, 0.2) is 0 Å². The molecule has 1 unspecified atom stereocenters. The third-order valence-electron chi connectivity index (χ3n) is 1.71. The molecule has 0 amide bonds. The molecule has 0 aromatic carbocycles. The zero-order valence-corrected chi connectivity index (χ0v) is 7.37. The minimum Gasteiger partial charge on any atom is -0.385 e. The second-order valence-corrected chi connectivity index (χ2v) is 2.55. The second-order valence-electron chi connectivity index (χ2n) is 2.55. The molecule has 3 nitrogen and oxygen atoms in total. The second kappa shape index (κ2) is 6.31. The number of aldehydes is 1. The van der Waals surface area contributed by atoms with Crippen LogP contribution in [-0.2, 0) is 14.3 Å². The molecule has 66 valence electrons. The van der Waals surface area contributed by atoms with E-state index >= 15 is 0 Å². The molecule has 0 aliphatic heterocycles. The first-order chi connectivity index (χ1) is 5.26. The van der Waals surface area contributed by atoms with Crippen molar-refractivity contribution in [2.75, 3.05) is 20.8 Å². The Bertz CT molecular complexity index is 104. The van der Waals surface area contributed by atoms with Crippen LogP contribution in [0.25, 0.3) is 0 Å². The largest absolute Gasteiger partial charge is 0.385 e. The molecule has 0 aliphatic rings. The Morgan fingerprint density at radius 2 is 2.09 bits per heavy atom. The van der Waals surface area contributed by atoms with Crippen molar-refractivity contribution < 1.29 is 14.3 Å². The van der Waals surface area contributed by atoms with E-state index in [1.165, 1.54) is 0 Å². The van der Waals surface area contributed by atoms with Crippen LogP contribution >= 0.6 is 0 Å². The molecule has 11 heavy (non-hydrogen) atoms. The van der Waals surface area contributed by atoms with Crippen molar-refractivity contribution in [3.63, 3.8) is 0 Å². The average Bonchev–Trinajstić information content (AvgIpc) is 2.05. The van der Waals surface area contributed by atoms with Crippen LogP contribution < -0.4 is 0 Å². The molecular weight excluding hydrogens is 144 g/mol. The number of hydrogen-bond acceptors (Lipinski definition) is 3. The van der Waals surface area contributed by atoms with Gasteiger partial charge in [0.2, 0.25) is 0 Å². The normalized spacial score (nSPS) is 15.9. The van der Waals surface area contributed by atoms with Gasteiger partial charge in [-0.25, -0.2) is 0 Å². The number of hydrogen-bond donors (Lipinski definition) is 0. The Morgan fingerprint density at radius 1 is 1.45 bits per heavy atom. The third-order valence-corrected chi connectivity index (χ3v) is 1.71.